The van der Waals surface area contributed by atoms with E-state index in [9.17, 15) is 4.79 Å². The van der Waals surface area contributed by atoms with Gasteiger partial charge in [0.15, 0.2) is 5.96 Å². The number of amides is 1. The van der Waals surface area contributed by atoms with Gasteiger partial charge in [-0.05, 0) is 64.2 Å². The highest BCUT2D eigenvalue weighted by Crippen LogP contribution is 2.39. The van der Waals surface area contributed by atoms with Gasteiger partial charge in [0, 0.05) is 15.5 Å². The number of carbonyl (C=O) groups is 1. The summed E-state index contributed by atoms with van der Waals surface area (Å²) in [6, 6.07) is 8.05. The van der Waals surface area contributed by atoms with Crippen LogP contribution in [0.5, 0.6) is 0 Å². The van der Waals surface area contributed by atoms with Gasteiger partial charge in [-0.1, -0.05) is 17.7 Å². The minimum Gasteiger partial charge on any atom is -0.369 e. The van der Waals surface area contributed by atoms with Crippen LogP contribution in [-0.4, -0.2) is 23.8 Å². The van der Waals surface area contributed by atoms with Gasteiger partial charge in [-0.2, -0.15) is 0 Å². The molecular formula is C16H15ClIN3OS. The van der Waals surface area contributed by atoms with Gasteiger partial charge in [0.05, 0.1) is 11.4 Å². The van der Waals surface area contributed by atoms with Crippen LogP contribution >= 0.6 is 45.5 Å². The summed E-state index contributed by atoms with van der Waals surface area (Å²) in [5.41, 5.74) is 7.40. The summed E-state index contributed by atoms with van der Waals surface area (Å²) < 4.78 is 1.02. The summed E-state index contributed by atoms with van der Waals surface area (Å²) in [6.45, 7) is 1.95. The molecular weight excluding hydrogens is 445 g/mol. The standard InChI is InChI=1S/C16H15ClIN3OS/c1-16(7-14(22)21(2)15(19)20-16)13-6-10(8-23-13)9-3-4-12(18)11(17)5-9/h3-6,8H,7H2,1-2H3,(H2,19,20)/t16-/m0/s1. The van der Waals surface area contributed by atoms with Crippen molar-refractivity contribution in [2.24, 2.45) is 10.7 Å². The first-order valence-corrected chi connectivity index (χ1v) is 9.30. The maximum atomic E-state index is 12.1. The molecule has 7 heteroatoms. The van der Waals surface area contributed by atoms with Crippen LogP contribution in [0.4, 0.5) is 0 Å². The van der Waals surface area contributed by atoms with Crippen molar-refractivity contribution in [1.82, 2.24) is 4.90 Å². The second-order valence-electron chi connectivity index (χ2n) is 5.70. The minimum absolute atomic E-state index is 0.0211. The fourth-order valence-corrected chi connectivity index (χ4v) is 4.04. The molecule has 3 rings (SSSR count). The highest BCUT2D eigenvalue weighted by molar-refractivity contribution is 14.1. The molecule has 23 heavy (non-hydrogen) atoms. The summed E-state index contributed by atoms with van der Waals surface area (Å²) in [7, 11) is 1.65. The molecule has 0 saturated carbocycles. The van der Waals surface area contributed by atoms with Gasteiger partial charge in [-0.15, -0.1) is 11.3 Å². The molecule has 1 atom stereocenters. The molecule has 2 N–H and O–H groups in total. The van der Waals surface area contributed by atoms with Crippen molar-refractivity contribution in [3.8, 4) is 11.1 Å². The molecule has 1 aliphatic rings. The fraction of sp³-hybridized carbons (Fsp3) is 0.250. The zero-order chi connectivity index (χ0) is 16.8. The molecule has 0 spiro atoms. The van der Waals surface area contributed by atoms with Crippen molar-refractivity contribution in [2.75, 3.05) is 7.05 Å². The number of hydrogen-bond acceptors (Lipinski definition) is 4. The number of thiophene rings is 1. The van der Waals surface area contributed by atoms with E-state index >= 15 is 0 Å². The molecule has 1 aromatic heterocycles. The second-order valence-corrected chi connectivity index (χ2v) is 8.18. The van der Waals surface area contributed by atoms with Crippen molar-refractivity contribution in [3.05, 3.63) is 43.1 Å². The van der Waals surface area contributed by atoms with Crippen molar-refractivity contribution in [1.29, 1.82) is 0 Å². The highest BCUT2D eigenvalue weighted by Gasteiger charge is 2.37. The molecule has 0 radical (unpaired) electrons. The Labute approximate surface area is 157 Å². The quantitative estimate of drug-likeness (QED) is 0.689. The third-order valence-corrected chi connectivity index (χ3v) is 6.71. The SMILES string of the molecule is CN1C(=O)C[C@@](C)(c2cc(-c3ccc(I)c(Cl)c3)cs2)N=C1N. The lowest BCUT2D eigenvalue weighted by Gasteiger charge is -2.32. The van der Waals surface area contributed by atoms with Crippen LogP contribution in [0.3, 0.4) is 0 Å². The Morgan fingerprint density at radius 2 is 2.13 bits per heavy atom. The first-order valence-electron chi connectivity index (χ1n) is 6.96. The van der Waals surface area contributed by atoms with Crippen LogP contribution in [0.25, 0.3) is 11.1 Å². The Bertz CT molecular complexity index is 819. The van der Waals surface area contributed by atoms with Crippen molar-refractivity contribution in [2.45, 2.75) is 18.9 Å². The van der Waals surface area contributed by atoms with E-state index in [0.717, 1.165) is 24.6 Å². The first kappa shape index (κ1) is 16.7. The third-order valence-electron chi connectivity index (χ3n) is 3.96. The molecule has 0 bridgehead atoms. The summed E-state index contributed by atoms with van der Waals surface area (Å²) >= 11 is 10.0. The lowest BCUT2D eigenvalue weighted by molar-refractivity contribution is -0.128. The van der Waals surface area contributed by atoms with Crippen LogP contribution in [0, 0.1) is 3.57 Å². The van der Waals surface area contributed by atoms with E-state index in [4.69, 9.17) is 17.3 Å². The molecule has 0 unspecified atom stereocenters. The van der Waals surface area contributed by atoms with E-state index in [0.29, 0.717) is 6.42 Å². The Morgan fingerprint density at radius 1 is 1.39 bits per heavy atom. The maximum Gasteiger partial charge on any atom is 0.231 e. The third kappa shape index (κ3) is 3.12. The number of guanidine groups is 1. The van der Waals surface area contributed by atoms with Crippen molar-refractivity contribution < 1.29 is 4.79 Å². The molecule has 1 aromatic carbocycles. The topological polar surface area (TPSA) is 58.7 Å². The Balaban J connectivity index is 1.98. The molecule has 1 aliphatic heterocycles. The van der Waals surface area contributed by atoms with Crippen LogP contribution in [0.15, 0.2) is 34.6 Å². The zero-order valence-corrected chi connectivity index (χ0v) is 16.4. The van der Waals surface area contributed by atoms with Gasteiger partial charge in [-0.3, -0.25) is 9.69 Å². The number of carbonyl (C=O) groups excluding carboxylic acids is 1. The van der Waals surface area contributed by atoms with E-state index in [1.54, 1.807) is 18.4 Å². The minimum atomic E-state index is -0.608. The number of nitrogens with two attached hydrogens (primary N) is 1. The number of rotatable bonds is 2. The summed E-state index contributed by atoms with van der Waals surface area (Å²) in [6.07, 6.45) is 0.317. The monoisotopic (exact) mass is 459 g/mol. The molecule has 1 amide bonds. The second kappa shape index (κ2) is 6.07. The smallest absolute Gasteiger partial charge is 0.231 e. The average molecular weight is 460 g/mol. The number of benzene rings is 1. The molecule has 0 aliphatic carbocycles. The van der Waals surface area contributed by atoms with Crippen LogP contribution in [-0.2, 0) is 10.3 Å². The summed E-state index contributed by atoms with van der Waals surface area (Å²) in [5.74, 6) is 0.239. The van der Waals surface area contributed by atoms with Gasteiger partial charge < -0.3 is 5.73 Å². The lowest BCUT2D eigenvalue weighted by atomic mass is 9.93. The zero-order valence-electron chi connectivity index (χ0n) is 12.6. The van der Waals surface area contributed by atoms with Crippen LogP contribution < -0.4 is 5.73 Å². The van der Waals surface area contributed by atoms with E-state index in [2.05, 4.69) is 39.0 Å². The number of nitrogens with zero attached hydrogens (tertiary/aromatic N) is 2. The molecule has 0 fully saturated rings. The predicted molar refractivity (Wildman–Crippen MR) is 104 cm³/mol. The lowest BCUT2D eigenvalue weighted by Crippen LogP contribution is -2.47. The van der Waals surface area contributed by atoms with Crippen LogP contribution in [0.1, 0.15) is 18.2 Å². The Kier molecular flexibility index (Phi) is 4.41. The first-order chi connectivity index (χ1) is 10.8. The van der Waals surface area contributed by atoms with E-state index in [1.807, 2.05) is 25.1 Å². The fourth-order valence-electron chi connectivity index (χ4n) is 2.50. The number of hydrogen-bond donors (Lipinski definition) is 1. The molecule has 120 valence electrons. The van der Waals surface area contributed by atoms with Gasteiger partial charge >= 0.3 is 0 Å². The van der Waals surface area contributed by atoms with E-state index in [-0.39, 0.29) is 11.9 Å². The van der Waals surface area contributed by atoms with Gasteiger partial charge in [-0.25, -0.2) is 4.99 Å². The average Bonchev–Trinajstić information content (AvgIpc) is 2.98. The Morgan fingerprint density at radius 3 is 2.78 bits per heavy atom. The number of aliphatic imine (C=N–C) groups is 1. The van der Waals surface area contributed by atoms with Crippen LogP contribution in [0.2, 0.25) is 5.02 Å². The molecule has 0 saturated heterocycles. The highest BCUT2D eigenvalue weighted by atomic mass is 127. The summed E-state index contributed by atoms with van der Waals surface area (Å²) in [4.78, 5) is 19.1. The largest absolute Gasteiger partial charge is 0.369 e. The van der Waals surface area contributed by atoms with Gasteiger partial charge in [0.25, 0.3) is 0 Å². The van der Waals surface area contributed by atoms with E-state index < -0.39 is 5.54 Å². The summed E-state index contributed by atoms with van der Waals surface area (Å²) in [5, 5.41) is 2.80. The molecule has 2 aromatic rings. The normalized spacial score (nSPS) is 21.5. The predicted octanol–water partition coefficient (Wildman–Crippen LogP) is 4.07. The van der Waals surface area contributed by atoms with E-state index in [1.165, 1.54) is 4.90 Å². The van der Waals surface area contributed by atoms with Gasteiger partial charge in [0.2, 0.25) is 5.91 Å². The van der Waals surface area contributed by atoms with Crippen molar-refractivity contribution >= 4 is 57.4 Å². The maximum absolute atomic E-state index is 12.1. The molecule has 4 nitrogen and oxygen atoms in total. The van der Waals surface area contributed by atoms with Crippen molar-refractivity contribution in [3.63, 3.8) is 0 Å². The number of halogens is 2. The molecule has 2 heterocycles. The van der Waals surface area contributed by atoms with Gasteiger partial charge in [0.1, 0.15) is 5.54 Å². The Hall–Kier alpha value is -1.12.